The summed E-state index contributed by atoms with van der Waals surface area (Å²) in [5.41, 5.74) is 1.30. The summed E-state index contributed by atoms with van der Waals surface area (Å²) in [6, 6.07) is 6.81. The molecule has 2 aliphatic rings. The van der Waals surface area contributed by atoms with Gasteiger partial charge in [-0.15, -0.1) is 0 Å². The van der Waals surface area contributed by atoms with Gasteiger partial charge in [0.2, 0.25) is 0 Å². The maximum atomic E-state index is 14.7. The summed E-state index contributed by atoms with van der Waals surface area (Å²) in [7, 11) is 1.20. The molecule has 2 atom stereocenters. The van der Waals surface area contributed by atoms with Crippen LogP contribution in [0, 0.1) is 11.6 Å². The first-order valence-corrected chi connectivity index (χ1v) is 10.6. The third kappa shape index (κ3) is 4.99. The largest absolute Gasteiger partial charge is 0.486 e. The van der Waals surface area contributed by atoms with Crippen LogP contribution in [0.5, 0.6) is 5.75 Å². The lowest BCUT2D eigenvalue weighted by Gasteiger charge is -2.35. The Bertz CT molecular complexity index is 983. The van der Waals surface area contributed by atoms with Crippen LogP contribution in [0.2, 0.25) is 5.02 Å². The summed E-state index contributed by atoms with van der Waals surface area (Å²) in [5, 5.41) is 0.316. The number of hydrogen-bond donors (Lipinski definition) is 0. The summed E-state index contributed by atoms with van der Waals surface area (Å²) in [5.74, 6) is -1.50. The van der Waals surface area contributed by atoms with Gasteiger partial charge >= 0.3 is 5.97 Å². The SMILES string of the molecule is COC(=O)c1cc(C2CC2)c(O[C@H]2CN(Cc3ccc(F)cc3Cl)CC[C@@H]2F)cc1F. The maximum Gasteiger partial charge on any atom is 0.340 e. The van der Waals surface area contributed by atoms with E-state index >= 15 is 0 Å². The van der Waals surface area contributed by atoms with Crippen molar-refractivity contribution in [1.82, 2.24) is 4.90 Å². The first-order valence-electron chi connectivity index (χ1n) is 10.2. The molecule has 1 aliphatic heterocycles. The van der Waals surface area contributed by atoms with Gasteiger partial charge in [-0.2, -0.15) is 0 Å². The van der Waals surface area contributed by atoms with Gasteiger partial charge in [0.05, 0.1) is 12.7 Å². The van der Waals surface area contributed by atoms with Crippen LogP contribution in [0.3, 0.4) is 0 Å². The molecule has 1 saturated carbocycles. The molecule has 0 bridgehead atoms. The highest BCUT2D eigenvalue weighted by Crippen LogP contribution is 2.45. The van der Waals surface area contributed by atoms with Crippen LogP contribution in [-0.2, 0) is 11.3 Å². The van der Waals surface area contributed by atoms with Gasteiger partial charge in [0.15, 0.2) is 0 Å². The molecular weight excluding hydrogens is 431 g/mol. The van der Waals surface area contributed by atoms with Crippen LogP contribution < -0.4 is 4.74 Å². The Labute approximate surface area is 183 Å². The highest BCUT2D eigenvalue weighted by molar-refractivity contribution is 6.31. The van der Waals surface area contributed by atoms with Crippen molar-refractivity contribution in [3.05, 3.63) is 63.7 Å². The molecule has 2 aromatic rings. The van der Waals surface area contributed by atoms with Gasteiger partial charge in [-0.3, -0.25) is 4.90 Å². The Balaban J connectivity index is 1.52. The molecule has 166 valence electrons. The van der Waals surface area contributed by atoms with Gasteiger partial charge in [0, 0.05) is 30.7 Å². The molecule has 4 nitrogen and oxygen atoms in total. The average Bonchev–Trinajstić information content (AvgIpc) is 3.57. The Hall–Kier alpha value is -2.25. The van der Waals surface area contributed by atoms with Gasteiger partial charge in [0.25, 0.3) is 0 Å². The number of piperidine rings is 1. The van der Waals surface area contributed by atoms with Gasteiger partial charge < -0.3 is 9.47 Å². The van der Waals surface area contributed by atoms with Crippen molar-refractivity contribution in [2.75, 3.05) is 20.2 Å². The minimum Gasteiger partial charge on any atom is -0.486 e. The first kappa shape index (κ1) is 22.0. The van der Waals surface area contributed by atoms with Crippen LogP contribution in [0.1, 0.15) is 46.7 Å². The molecule has 0 radical (unpaired) electrons. The number of benzene rings is 2. The zero-order chi connectivity index (χ0) is 22.1. The summed E-state index contributed by atoms with van der Waals surface area (Å²) >= 11 is 6.12. The van der Waals surface area contributed by atoms with Gasteiger partial charge in [-0.05, 0) is 54.5 Å². The number of hydrogen-bond acceptors (Lipinski definition) is 4. The molecule has 4 rings (SSSR count). The highest BCUT2D eigenvalue weighted by Gasteiger charge is 2.35. The molecule has 0 unspecified atom stereocenters. The minimum atomic E-state index is -1.21. The van der Waals surface area contributed by atoms with E-state index in [4.69, 9.17) is 16.3 Å². The summed E-state index contributed by atoms with van der Waals surface area (Å²) < 4.78 is 53.1. The lowest BCUT2D eigenvalue weighted by Crippen LogP contribution is -2.47. The molecule has 1 heterocycles. The van der Waals surface area contributed by atoms with E-state index < -0.39 is 29.9 Å². The second-order valence-electron chi connectivity index (χ2n) is 8.07. The molecule has 1 saturated heterocycles. The molecule has 2 aromatic carbocycles. The molecule has 0 amide bonds. The molecule has 0 spiro atoms. The Morgan fingerprint density at radius 3 is 2.65 bits per heavy atom. The number of alkyl halides is 1. The topological polar surface area (TPSA) is 38.8 Å². The quantitative estimate of drug-likeness (QED) is 0.558. The van der Waals surface area contributed by atoms with E-state index in [2.05, 4.69) is 4.74 Å². The fourth-order valence-electron chi connectivity index (χ4n) is 3.91. The fraction of sp³-hybridized carbons (Fsp3) is 0.435. The number of ether oxygens (including phenoxy) is 2. The van der Waals surface area contributed by atoms with Crippen molar-refractivity contribution >= 4 is 17.6 Å². The number of likely N-dealkylation sites (tertiary alicyclic amines) is 1. The minimum absolute atomic E-state index is 0.148. The number of carbonyl (C=O) groups is 1. The van der Waals surface area contributed by atoms with Crippen LogP contribution in [-0.4, -0.2) is 43.3 Å². The molecule has 8 heteroatoms. The van der Waals surface area contributed by atoms with Crippen LogP contribution in [0.15, 0.2) is 30.3 Å². The Morgan fingerprint density at radius 1 is 1.19 bits per heavy atom. The highest BCUT2D eigenvalue weighted by atomic mass is 35.5. The lowest BCUT2D eigenvalue weighted by atomic mass is 10.0. The number of carbonyl (C=O) groups excluding carboxylic acids is 1. The van der Waals surface area contributed by atoms with Gasteiger partial charge in [-0.25, -0.2) is 18.0 Å². The third-order valence-electron chi connectivity index (χ3n) is 5.77. The van der Waals surface area contributed by atoms with Crippen molar-refractivity contribution in [3.8, 4) is 5.75 Å². The van der Waals surface area contributed by atoms with E-state index in [1.165, 1.54) is 25.3 Å². The molecular formula is C23H23ClF3NO3. The molecule has 31 heavy (non-hydrogen) atoms. The Morgan fingerprint density at radius 2 is 1.97 bits per heavy atom. The first-order chi connectivity index (χ1) is 14.9. The maximum absolute atomic E-state index is 14.7. The van der Waals surface area contributed by atoms with E-state index in [0.29, 0.717) is 23.7 Å². The summed E-state index contributed by atoms with van der Waals surface area (Å²) in [4.78, 5) is 13.8. The second kappa shape index (κ2) is 9.09. The van der Waals surface area contributed by atoms with Crippen molar-refractivity contribution < 1.29 is 27.4 Å². The third-order valence-corrected chi connectivity index (χ3v) is 6.12. The monoisotopic (exact) mass is 453 g/mol. The Kier molecular flexibility index (Phi) is 6.44. The van der Waals surface area contributed by atoms with Crippen LogP contribution in [0.25, 0.3) is 0 Å². The van der Waals surface area contributed by atoms with Gasteiger partial charge in [0.1, 0.15) is 29.7 Å². The van der Waals surface area contributed by atoms with E-state index in [9.17, 15) is 18.0 Å². The predicted molar refractivity (Wildman–Crippen MR) is 110 cm³/mol. The van der Waals surface area contributed by atoms with Crippen LogP contribution in [0.4, 0.5) is 13.2 Å². The fourth-order valence-corrected chi connectivity index (χ4v) is 4.14. The zero-order valence-electron chi connectivity index (χ0n) is 17.0. The van der Waals surface area contributed by atoms with E-state index in [1.54, 1.807) is 6.07 Å². The molecule has 0 N–H and O–H groups in total. The number of esters is 1. The van der Waals surface area contributed by atoms with Crippen molar-refractivity contribution in [1.29, 1.82) is 0 Å². The van der Waals surface area contributed by atoms with Crippen LogP contribution >= 0.6 is 11.6 Å². The number of halogens is 4. The number of rotatable bonds is 6. The summed E-state index contributed by atoms with van der Waals surface area (Å²) in [6.07, 6.45) is 0.0535. The van der Waals surface area contributed by atoms with Crippen molar-refractivity contribution in [3.63, 3.8) is 0 Å². The van der Waals surface area contributed by atoms with E-state index in [-0.39, 0.29) is 30.2 Å². The van der Waals surface area contributed by atoms with E-state index in [0.717, 1.165) is 24.5 Å². The normalized spacial score (nSPS) is 21.7. The van der Waals surface area contributed by atoms with Crippen molar-refractivity contribution in [2.45, 2.75) is 44.0 Å². The lowest BCUT2D eigenvalue weighted by molar-refractivity contribution is 0.0160. The van der Waals surface area contributed by atoms with Crippen molar-refractivity contribution in [2.24, 2.45) is 0 Å². The van der Waals surface area contributed by atoms with Gasteiger partial charge in [-0.1, -0.05) is 17.7 Å². The zero-order valence-corrected chi connectivity index (χ0v) is 17.8. The molecule has 0 aromatic heterocycles. The number of nitrogens with zero attached hydrogens (tertiary/aromatic N) is 1. The smallest absolute Gasteiger partial charge is 0.340 e. The molecule has 1 aliphatic carbocycles. The second-order valence-corrected chi connectivity index (χ2v) is 8.47. The molecule has 2 fully saturated rings. The number of methoxy groups -OCH3 is 1. The summed E-state index contributed by atoms with van der Waals surface area (Å²) in [6.45, 7) is 1.20. The average molecular weight is 454 g/mol. The standard InChI is InChI=1S/C23H23ClF3NO3/c1-30-23(29)17-9-16(13-2-3-13)21(10-20(17)27)31-22-12-28(7-6-19(22)26)11-14-4-5-15(25)8-18(14)24/h4-5,8-10,13,19,22H,2-3,6-7,11-12H2,1H3/t19-,22-/m0/s1. The van der Waals surface area contributed by atoms with E-state index in [1.807, 2.05) is 4.90 Å². The predicted octanol–water partition coefficient (Wildman–Crippen LogP) is 5.27.